The van der Waals surface area contributed by atoms with Crippen molar-refractivity contribution in [2.24, 2.45) is 0 Å². The number of aromatic nitrogens is 2. The number of rotatable bonds is 8. The lowest BCUT2D eigenvalue weighted by molar-refractivity contribution is 0.0942. The number of carbonyl (C=O) groups is 1. The maximum Gasteiger partial charge on any atom is 0.271 e. The summed E-state index contributed by atoms with van der Waals surface area (Å²) in [6, 6.07) is 11.0. The fraction of sp³-hybridized carbons (Fsp3) is 0.450. The lowest BCUT2D eigenvalue weighted by Crippen LogP contribution is -2.30. The van der Waals surface area contributed by atoms with Crippen LogP contribution in [0.3, 0.4) is 0 Å². The van der Waals surface area contributed by atoms with E-state index in [0.717, 1.165) is 25.2 Å². The van der Waals surface area contributed by atoms with Crippen molar-refractivity contribution in [3.8, 4) is 0 Å². The lowest BCUT2D eigenvalue weighted by Gasteiger charge is -2.17. The van der Waals surface area contributed by atoms with Crippen molar-refractivity contribution >= 4 is 5.91 Å². The average Bonchev–Trinajstić information content (AvgIpc) is 3.19. The molecule has 2 heterocycles. The van der Waals surface area contributed by atoms with Crippen LogP contribution in [0.25, 0.3) is 0 Å². The zero-order valence-electron chi connectivity index (χ0n) is 15.7. The summed E-state index contributed by atoms with van der Waals surface area (Å²) >= 11 is 0. The van der Waals surface area contributed by atoms with Crippen molar-refractivity contribution in [2.45, 2.75) is 32.5 Å². The molecule has 27 heavy (non-hydrogen) atoms. The number of likely N-dealkylation sites (tertiary alicyclic amines) is 1. The van der Waals surface area contributed by atoms with Crippen LogP contribution >= 0.6 is 0 Å². The molecule has 1 N–H and O–H groups in total. The molecule has 1 aliphatic rings. The smallest absolute Gasteiger partial charge is 0.271 e. The lowest BCUT2D eigenvalue weighted by atomic mass is 10.1. The molecule has 144 valence electrons. The van der Waals surface area contributed by atoms with Gasteiger partial charge in [-0.2, -0.15) is 5.10 Å². The minimum Gasteiger partial charge on any atom is -0.383 e. The number of hydrogen-bond donors (Lipinski definition) is 1. The molecule has 0 aliphatic carbocycles. The van der Waals surface area contributed by atoms with Crippen LogP contribution in [-0.4, -0.2) is 47.4 Å². The van der Waals surface area contributed by atoms with Crippen LogP contribution in [0.2, 0.25) is 0 Å². The van der Waals surface area contributed by atoms with Crippen molar-refractivity contribution < 1.29 is 9.53 Å². The first kappa shape index (κ1) is 19.3. The van der Waals surface area contributed by atoms with Gasteiger partial charge >= 0.3 is 0 Å². The fourth-order valence-corrected chi connectivity index (χ4v) is 3.24. The standard InChI is InChI=1S/C20H26N4O3/c1-27-13-12-24-19(25)9-8-18(22-24)20(26)21-14-16-6-2-3-7-17(16)15-23-10-4-5-11-23/h2-3,6-9H,4-5,10-15H2,1H3,(H,21,26). The van der Waals surface area contributed by atoms with E-state index in [-0.39, 0.29) is 17.2 Å². The molecule has 1 aromatic carbocycles. The highest BCUT2D eigenvalue weighted by atomic mass is 16.5. The Morgan fingerprint density at radius 3 is 2.63 bits per heavy atom. The van der Waals surface area contributed by atoms with Gasteiger partial charge in [-0.1, -0.05) is 24.3 Å². The average molecular weight is 370 g/mol. The molecular weight excluding hydrogens is 344 g/mol. The van der Waals surface area contributed by atoms with E-state index in [2.05, 4.69) is 21.4 Å². The Morgan fingerprint density at radius 2 is 1.89 bits per heavy atom. The highest BCUT2D eigenvalue weighted by molar-refractivity contribution is 5.91. The highest BCUT2D eigenvalue weighted by Crippen LogP contribution is 2.16. The Morgan fingerprint density at radius 1 is 1.15 bits per heavy atom. The van der Waals surface area contributed by atoms with Crippen molar-refractivity contribution in [2.75, 3.05) is 26.8 Å². The highest BCUT2D eigenvalue weighted by Gasteiger charge is 2.14. The summed E-state index contributed by atoms with van der Waals surface area (Å²) in [5.41, 5.74) is 2.31. The second-order valence-electron chi connectivity index (χ2n) is 6.71. The molecule has 1 aliphatic heterocycles. The van der Waals surface area contributed by atoms with E-state index in [0.29, 0.717) is 19.7 Å². The zero-order chi connectivity index (χ0) is 19.1. The van der Waals surface area contributed by atoms with Gasteiger partial charge in [0, 0.05) is 26.3 Å². The van der Waals surface area contributed by atoms with E-state index in [4.69, 9.17) is 4.74 Å². The molecule has 1 fully saturated rings. The third-order valence-electron chi connectivity index (χ3n) is 4.76. The number of benzene rings is 1. The Labute approximate surface area is 158 Å². The summed E-state index contributed by atoms with van der Waals surface area (Å²) < 4.78 is 6.22. The first-order valence-electron chi connectivity index (χ1n) is 9.32. The number of amides is 1. The molecule has 7 heteroatoms. The molecule has 1 aromatic heterocycles. The minimum absolute atomic E-state index is 0.225. The van der Waals surface area contributed by atoms with Crippen molar-refractivity contribution in [1.82, 2.24) is 20.0 Å². The van der Waals surface area contributed by atoms with Gasteiger partial charge in [-0.15, -0.1) is 0 Å². The first-order chi connectivity index (χ1) is 13.2. The normalized spacial score (nSPS) is 14.4. The van der Waals surface area contributed by atoms with Crippen molar-refractivity contribution in [3.63, 3.8) is 0 Å². The van der Waals surface area contributed by atoms with Crippen molar-refractivity contribution in [1.29, 1.82) is 0 Å². The van der Waals surface area contributed by atoms with E-state index in [1.165, 1.54) is 35.2 Å². The van der Waals surface area contributed by atoms with Crippen LogP contribution in [0.5, 0.6) is 0 Å². The SMILES string of the molecule is COCCn1nc(C(=O)NCc2ccccc2CN2CCCC2)ccc1=O. The van der Waals surface area contributed by atoms with Crippen LogP contribution in [0, 0.1) is 0 Å². The molecule has 0 atom stereocenters. The van der Waals surface area contributed by atoms with Gasteiger partial charge in [0.25, 0.3) is 11.5 Å². The topological polar surface area (TPSA) is 76.5 Å². The van der Waals surface area contributed by atoms with Crippen molar-refractivity contribution in [3.05, 3.63) is 63.6 Å². The van der Waals surface area contributed by atoms with E-state index in [1.54, 1.807) is 7.11 Å². The Hall–Kier alpha value is -2.51. The molecule has 2 aromatic rings. The van der Waals surface area contributed by atoms with E-state index >= 15 is 0 Å². The summed E-state index contributed by atoms with van der Waals surface area (Å²) in [5, 5.41) is 7.05. The molecule has 0 saturated carbocycles. The van der Waals surface area contributed by atoms with Crippen LogP contribution in [0.15, 0.2) is 41.2 Å². The van der Waals surface area contributed by atoms with Gasteiger partial charge in [0.05, 0.1) is 13.2 Å². The summed E-state index contributed by atoms with van der Waals surface area (Å²) in [4.78, 5) is 26.7. The number of hydrogen-bond acceptors (Lipinski definition) is 5. The quantitative estimate of drug-likeness (QED) is 0.760. The second-order valence-corrected chi connectivity index (χ2v) is 6.71. The number of nitrogens with one attached hydrogen (secondary N) is 1. The number of carbonyl (C=O) groups excluding carboxylic acids is 1. The molecule has 0 unspecified atom stereocenters. The molecule has 1 amide bonds. The van der Waals surface area contributed by atoms with Gasteiger partial charge < -0.3 is 10.1 Å². The number of ether oxygens (including phenoxy) is 1. The minimum atomic E-state index is -0.294. The molecule has 7 nitrogen and oxygen atoms in total. The van der Waals surface area contributed by atoms with E-state index in [1.807, 2.05) is 18.2 Å². The van der Waals surface area contributed by atoms with Gasteiger partial charge in [-0.25, -0.2) is 4.68 Å². The van der Waals surface area contributed by atoms with Gasteiger partial charge in [0.1, 0.15) is 5.69 Å². The molecule has 0 radical (unpaired) electrons. The first-order valence-corrected chi connectivity index (χ1v) is 9.32. The van der Waals surface area contributed by atoms with Crippen LogP contribution in [-0.2, 0) is 24.4 Å². The van der Waals surface area contributed by atoms with Crippen LogP contribution in [0.4, 0.5) is 0 Å². The summed E-state index contributed by atoms with van der Waals surface area (Å²) in [6.07, 6.45) is 2.51. The second kappa shape index (κ2) is 9.43. The fourth-order valence-electron chi connectivity index (χ4n) is 3.24. The van der Waals surface area contributed by atoms with Crippen LogP contribution < -0.4 is 10.9 Å². The predicted molar refractivity (Wildman–Crippen MR) is 102 cm³/mol. The Kier molecular flexibility index (Phi) is 6.73. The molecule has 3 rings (SSSR count). The maximum atomic E-state index is 12.5. The van der Waals surface area contributed by atoms with Gasteiger partial charge in [0.15, 0.2) is 0 Å². The van der Waals surface area contributed by atoms with E-state index in [9.17, 15) is 9.59 Å². The zero-order valence-corrected chi connectivity index (χ0v) is 15.7. The monoisotopic (exact) mass is 370 g/mol. The summed E-state index contributed by atoms with van der Waals surface area (Å²) in [7, 11) is 1.56. The summed E-state index contributed by atoms with van der Waals surface area (Å²) in [5.74, 6) is -0.294. The number of nitrogens with zero attached hydrogens (tertiary/aromatic N) is 3. The third-order valence-corrected chi connectivity index (χ3v) is 4.76. The third kappa shape index (κ3) is 5.24. The van der Waals surface area contributed by atoms with Gasteiger partial charge in [-0.3, -0.25) is 14.5 Å². The summed E-state index contributed by atoms with van der Waals surface area (Å²) in [6.45, 7) is 4.28. The maximum absolute atomic E-state index is 12.5. The largest absolute Gasteiger partial charge is 0.383 e. The van der Waals surface area contributed by atoms with Gasteiger partial charge in [0.2, 0.25) is 0 Å². The van der Waals surface area contributed by atoms with Crippen LogP contribution in [0.1, 0.15) is 34.5 Å². The predicted octanol–water partition coefficient (Wildman–Crippen LogP) is 1.42. The molecule has 0 spiro atoms. The van der Waals surface area contributed by atoms with Gasteiger partial charge in [-0.05, 0) is 43.1 Å². The Balaban J connectivity index is 1.64. The van der Waals surface area contributed by atoms with E-state index < -0.39 is 0 Å². The molecular formula is C20H26N4O3. The number of methoxy groups -OCH3 is 1. The molecule has 0 bridgehead atoms. The molecule has 1 saturated heterocycles. The Bertz CT molecular complexity index is 828.